The van der Waals surface area contributed by atoms with E-state index in [2.05, 4.69) is 5.32 Å². The van der Waals surface area contributed by atoms with Crippen LogP contribution in [0.5, 0.6) is 0 Å². The number of rotatable bonds is 5. The van der Waals surface area contributed by atoms with E-state index in [0.29, 0.717) is 18.9 Å². The molecule has 0 aliphatic heterocycles. The first kappa shape index (κ1) is 16.4. The first-order valence-corrected chi connectivity index (χ1v) is 6.16. The summed E-state index contributed by atoms with van der Waals surface area (Å²) >= 11 is 0. The average Bonchev–Trinajstić information content (AvgIpc) is 2.37. The SMILES string of the molecule is CCC(N)CCNC(=O)c1cccc(C(F)(F)F)c1F. The van der Waals surface area contributed by atoms with E-state index in [1.54, 1.807) is 0 Å². The number of nitrogens with two attached hydrogens (primary N) is 1. The molecule has 3 N–H and O–H groups in total. The van der Waals surface area contributed by atoms with Crippen molar-refractivity contribution in [1.29, 1.82) is 0 Å². The zero-order valence-electron chi connectivity index (χ0n) is 10.9. The van der Waals surface area contributed by atoms with Crippen LogP contribution in [0, 0.1) is 5.82 Å². The highest BCUT2D eigenvalue weighted by Gasteiger charge is 2.35. The number of hydrogen-bond donors (Lipinski definition) is 2. The van der Waals surface area contributed by atoms with Crippen molar-refractivity contribution in [3.8, 4) is 0 Å². The summed E-state index contributed by atoms with van der Waals surface area (Å²) < 4.78 is 51.2. The van der Waals surface area contributed by atoms with Crippen molar-refractivity contribution in [2.24, 2.45) is 5.73 Å². The van der Waals surface area contributed by atoms with Crippen molar-refractivity contribution in [3.05, 3.63) is 35.1 Å². The lowest BCUT2D eigenvalue weighted by Crippen LogP contribution is -2.30. The highest BCUT2D eigenvalue weighted by atomic mass is 19.4. The molecule has 112 valence electrons. The van der Waals surface area contributed by atoms with Crippen molar-refractivity contribution in [2.45, 2.75) is 32.0 Å². The van der Waals surface area contributed by atoms with Crippen LogP contribution in [0.3, 0.4) is 0 Å². The minimum atomic E-state index is -4.83. The van der Waals surface area contributed by atoms with E-state index in [9.17, 15) is 22.4 Å². The molecule has 0 radical (unpaired) electrons. The van der Waals surface area contributed by atoms with Crippen LogP contribution in [0.4, 0.5) is 17.6 Å². The van der Waals surface area contributed by atoms with Crippen LogP contribution < -0.4 is 11.1 Å². The third-order valence-electron chi connectivity index (χ3n) is 2.87. The zero-order valence-corrected chi connectivity index (χ0v) is 10.9. The van der Waals surface area contributed by atoms with Gasteiger partial charge < -0.3 is 11.1 Å². The molecule has 0 saturated heterocycles. The number of carbonyl (C=O) groups is 1. The van der Waals surface area contributed by atoms with Gasteiger partial charge in [-0.2, -0.15) is 13.2 Å². The topological polar surface area (TPSA) is 55.1 Å². The summed E-state index contributed by atoms with van der Waals surface area (Å²) in [6.45, 7) is 2.06. The van der Waals surface area contributed by atoms with E-state index in [4.69, 9.17) is 5.73 Å². The molecular formula is C13H16F4N2O. The van der Waals surface area contributed by atoms with E-state index < -0.39 is 29.0 Å². The molecule has 7 heteroatoms. The lowest BCUT2D eigenvalue weighted by molar-refractivity contribution is -0.140. The van der Waals surface area contributed by atoms with Crippen molar-refractivity contribution >= 4 is 5.91 Å². The van der Waals surface area contributed by atoms with E-state index in [1.807, 2.05) is 6.92 Å². The van der Waals surface area contributed by atoms with Crippen LogP contribution in [0.25, 0.3) is 0 Å². The lowest BCUT2D eigenvalue weighted by Gasteiger charge is -2.12. The van der Waals surface area contributed by atoms with Crippen LogP contribution in [-0.4, -0.2) is 18.5 Å². The second-order valence-electron chi connectivity index (χ2n) is 4.38. The van der Waals surface area contributed by atoms with Crippen LogP contribution in [0.2, 0.25) is 0 Å². The predicted octanol–water partition coefficient (Wildman–Crippen LogP) is 2.70. The molecule has 0 saturated carbocycles. The smallest absolute Gasteiger partial charge is 0.352 e. The Morgan fingerprint density at radius 3 is 2.60 bits per heavy atom. The van der Waals surface area contributed by atoms with Crippen LogP contribution >= 0.6 is 0 Å². The molecule has 1 aromatic carbocycles. The maximum absolute atomic E-state index is 13.7. The number of carbonyl (C=O) groups excluding carboxylic acids is 1. The highest BCUT2D eigenvalue weighted by Crippen LogP contribution is 2.32. The average molecular weight is 292 g/mol. The van der Waals surface area contributed by atoms with Crippen LogP contribution in [0.15, 0.2) is 18.2 Å². The zero-order chi connectivity index (χ0) is 15.3. The molecular weight excluding hydrogens is 276 g/mol. The third-order valence-corrected chi connectivity index (χ3v) is 2.87. The van der Waals surface area contributed by atoms with Gasteiger partial charge in [-0.25, -0.2) is 4.39 Å². The first-order chi connectivity index (χ1) is 9.27. The number of benzene rings is 1. The molecule has 1 unspecified atom stereocenters. The van der Waals surface area contributed by atoms with Crippen LogP contribution in [-0.2, 0) is 6.18 Å². The first-order valence-electron chi connectivity index (χ1n) is 6.16. The number of alkyl halides is 3. The number of nitrogens with one attached hydrogen (secondary N) is 1. The molecule has 0 heterocycles. The molecule has 0 aliphatic carbocycles. The number of amides is 1. The lowest BCUT2D eigenvalue weighted by atomic mass is 10.1. The van der Waals surface area contributed by atoms with Gasteiger partial charge in [-0.1, -0.05) is 13.0 Å². The van der Waals surface area contributed by atoms with Crippen molar-refractivity contribution in [2.75, 3.05) is 6.54 Å². The van der Waals surface area contributed by atoms with E-state index in [-0.39, 0.29) is 12.6 Å². The molecule has 0 spiro atoms. The van der Waals surface area contributed by atoms with E-state index in [1.165, 1.54) is 0 Å². The van der Waals surface area contributed by atoms with Gasteiger partial charge in [-0.15, -0.1) is 0 Å². The van der Waals surface area contributed by atoms with Crippen molar-refractivity contribution < 1.29 is 22.4 Å². The van der Waals surface area contributed by atoms with E-state index in [0.717, 1.165) is 12.1 Å². The van der Waals surface area contributed by atoms with Gasteiger partial charge in [0.1, 0.15) is 5.82 Å². The van der Waals surface area contributed by atoms with Crippen molar-refractivity contribution in [3.63, 3.8) is 0 Å². The van der Waals surface area contributed by atoms with Crippen LogP contribution in [0.1, 0.15) is 35.7 Å². The normalized spacial score (nSPS) is 13.1. The Morgan fingerprint density at radius 2 is 2.05 bits per heavy atom. The Balaban J connectivity index is 2.79. The molecule has 0 aromatic heterocycles. The van der Waals surface area contributed by atoms with Gasteiger partial charge in [0.05, 0.1) is 11.1 Å². The summed E-state index contributed by atoms with van der Waals surface area (Å²) in [7, 11) is 0. The molecule has 0 bridgehead atoms. The molecule has 1 aromatic rings. The highest BCUT2D eigenvalue weighted by molar-refractivity contribution is 5.94. The Hall–Kier alpha value is -1.63. The van der Waals surface area contributed by atoms with Gasteiger partial charge in [-0.05, 0) is 25.0 Å². The second-order valence-corrected chi connectivity index (χ2v) is 4.38. The van der Waals surface area contributed by atoms with Gasteiger partial charge >= 0.3 is 6.18 Å². The quantitative estimate of drug-likeness (QED) is 0.820. The summed E-state index contributed by atoms with van der Waals surface area (Å²) in [6, 6.07) is 2.50. The Labute approximate surface area is 114 Å². The van der Waals surface area contributed by atoms with Gasteiger partial charge in [0.2, 0.25) is 0 Å². The standard InChI is InChI=1S/C13H16F4N2O/c1-2-8(18)6-7-19-12(20)9-4-3-5-10(11(9)14)13(15,16)17/h3-5,8H,2,6-7,18H2,1H3,(H,19,20). The summed E-state index contributed by atoms with van der Waals surface area (Å²) in [6.07, 6.45) is -3.64. The van der Waals surface area contributed by atoms with E-state index >= 15 is 0 Å². The fourth-order valence-corrected chi connectivity index (χ4v) is 1.60. The Bertz CT molecular complexity index is 474. The largest absolute Gasteiger partial charge is 0.419 e. The van der Waals surface area contributed by atoms with Gasteiger partial charge in [0.15, 0.2) is 0 Å². The number of halogens is 4. The van der Waals surface area contributed by atoms with Crippen molar-refractivity contribution in [1.82, 2.24) is 5.32 Å². The molecule has 0 aliphatic rings. The summed E-state index contributed by atoms with van der Waals surface area (Å²) in [4.78, 5) is 11.7. The fraction of sp³-hybridized carbons (Fsp3) is 0.462. The summed E-state index contributed by atoms with van der Waals surface area (Å²) in [5.74, 6) is -2.44. The molecule has 3 nitrogen and oxygen atoms in total. The Kier molecular flexibility index (Phi) is 5.50. The van der Waals surface area contributed by atoms with Gasteiger partial charge in [-0.3, -0.25) is 4.79 Å². The molecule has 20 heavy (non-hydrogen) atoms. The molecule has 0 fully saturated rings. The third kappa shape index (κ3) is 4.19. The fourth-order valence-electron chi connectivity index (χ4n) is 1.60. The van der Waals surface area contributed by atoms with Gasteiger partial charge in [0, 0.05) is 12.6 Å². The molecule has 1 atom stereocenters. The maximum atomic E-state index is 13.7. The Morgan fingerprint density at radius 1 is 1.40 bits per heavy atom. The number of hydrogen-bond acceptors (Lipinski definition) is 2. The molecule has 1 rings (SSSR count). The second kappa shape index (κ2) is 6.69. The summed E-state index contributed by atoms with van der Waals surface area (Å²) in [5.41, 5.74) is 3.57. The minimum absolute atomic E-state index is 0.110. The molecule has 1 amide bonds. The maximum Gasteiger partial charge on any atom is 0.419 e. The summed E-state index contributed by atoms with van der Waals surface area (Å²) in [5, 5.41) is 2.36. The predicted molar refractivity (Wildman–Crippen MR) is 66.6 cm³/mol. The minimum Gasteiger partial charge on any atom is -0.352 e. The van der Waals surface area contributed by atoms with Gasteiger partial charge in [0.25, 0.3) is 5.91 Å². The monoisotopic (exact) mass is 292 g/mol.